The predicted molar refractivity (Wildman–Crippen MR) is 159 cm³/mol. The number of amides is 2. The second-order valence-corrected chi connectivity index (χ2v) is 11.3. The second-order valence-electron chi connectivity index (χ2n) is 10.9. The lowest BCUT2D eigenvalue weighted by Gasteiger charge is -2.44. The molecule has 2 atom stereocenters. The van der Waals surface area contributed by atoms with Crippen molar-refractivity contribution in [3.05, 3.63) is 82.1 Å². The summed E-state index contributed by atoms with van der Waals surface area (Å²) in [6.07, 6.45) is 1.92. The molecule has 0 spiro atoms. The molecule has 8 nitrogen and oxygen atoms in total. The largest absolute Gasteiger partial charge is 0.497 e. The van der Waals surface area contributed by atoms with Crippen LogP contribution in [0.2, 0.25) is 5.02 Å². The van der Waals surface area contributed by atoms with Gasteiger partial charge in [0, 0.05) is 54.4 Å². The summed E-state index contributed by atoms with van der Waals surface area (Å²) in [5, 5.41) is 22.8. The Morgan fingerprint density at radius 1 is 1.14 bits per heavy atom. The van der Waals surface area contributed by atoms with Crippen molar-refractivity contribution in [2.24, 2.45) is 11.7 Å². The Balaban J connectivity index is 1.58. The van der Waals surface area contributed by atoms with Gasteiger partial charge in [-0.1, -0.05) is 29.8 Å². The number of carbonyl (C=O) groups is 2. The van der Waals surface area contributed by atoms with Crippen molar-refractivity contribution in [3.63, 3.8) is 0 Å². The van der Waals surface area contributed by atoms with Crippen LogP contribution in [0.3, 0.4) is 0 Å². The molecule has 0 aliphatic carbocycles. The van der Waals surface area contributed by atoms with E-state index in [0.29, 0.717) is 64.5 Å². The third-order valence-corrected chi connectivity index (χ3v) is 8.78. The molecule has 0 aromatic heterocycles. The van der Waals surface area contributed by atoms with Crippen molar-refractivity contribution in [1.82, 2.24) is 4.90 Å². The molecule has 3 aromatic rings. The average Bonchev–Trinajstić information content (AvgIpc) is 3.01. The first-order valence-electron chi connectivity index (χ1n) is 14.1. The van der Waals surface area contributed by atoms with E-state index >= 15 is 0 Å². The maximum absolute atomic E-state index is 14.9. The molecule has 2 bridgehead atoms. The minimum absolute atomic E-state index is 0.0312. The molecule has 4 N–H and O–H groups in total. The van der Waals surface area contributed by atoms with Crippen LogP contribution in [0.4, 0.5) is 10.1 Å². The third-order valence-electron chi connectivity index (χ3n) is 8.47. The molecule has 2 heterocycles. The van der Waals surface area contributed by atoms with Crippen LogP contribution < -0.4 is 15.4 Å². The van der Waals surface area contributed by atoms with Gasteiger partial charge >= 0.3 is 0 Å². The zero-order valence-electron chi connectivity index (χ0n) is 23.5. The van der Waals surface area contributed by atoms with E-state index in [9.17, 15) is 24.2 Å². The topological polar surface area (TPSA) is 116 Å². The van der Waals surface area contributed by atoms with Crippen LogP contribution >= 0.6 is 11.6 Å². The summed E-state index contributed by atoms with van der Waals surface area (Å²) in [4.78, 5) is 29.4. The highest BCUT2D eigenvalue weighted by molar-refractivity contribution is 6.33. The molecule has 1 unspecified atom stereocenters. The first kappa shape index (κ1) is 30.0. The monoisotopic (exact) mass is 595 g/mol. The van der Waals surface area contributed by atoms with Gasteiger partial charge in [-0.25, -0.2) is 4.39 Å². The van der Waals surface area contributed by atoms with Gasteiger partial charge in [0.25, 0.3) is 11.8 Å². The van der Waals surface area contributed by atoms with Crippen LogP contribution in [0, 0.1) is 11.7 Å². The summed E-state index contributed by atoms with van der Waals surface area (Å²) >= 11 is 6.81. The van der Waals surface area contributed by atoms with Crippen molar-refractivity contribution < 1.29 is 28.9 Å². The van der Waals surface area contributed by atoms with Crippen molar-refractivity contribution >= 4 is 29.1 Å². The number of rotatable bonds is 5. The van der Waals surface area contributed by atoms with E-state index in [1.807, 2.05) is 6.07 Å². The highest BCUT2D eigenvalue weighted by atomic mass is 35.5. The molecule has 5 rings (SSSR count). The lowest BCUT2D eigenvalue weighted by atomic mass is 9.72. The number of piperidine rings is 1. The van der Waals surface area contributed by atoms with E-state index < -0.39 is 35.8 Å². The van der Waals surface area contributed by atoms with Gasteiger partial charge < -0.3 is 30.5 Å². The molecular formula is C32H35ClFN3O5. The molecule has 42 heavy (non-hydrogen) atoms. The van der Waals surface area contributed by atoms with Gasteiger partial charge in [0.1, 0.15) is 18.2 Å². The standard InChI is InChI=1S/C32H35ClFN3O5/c1-42-24-15-21-14-23(16-24)37(29(39)19-38)12-4-10-32(41,26-6-2-7-27(33)30(21)26)22-5-3-11-36(18-22)31(40)25-9-8-20(17-35)13-28(25)34/h2,6-9,13-16,22,38,41H,3-5,10-12,17-19,35H2,1H3/t22-,32?/m1/s1. The smallest absolute Gasteiger partial charge is 0.256 e. The van der Waals surface area contributed by atoms with Crippen LogP contribution in [0.1, 0.15) is 47.2 Å². The molecule has 1 saturated heterocycles. The zero-order valence-corrected chi connectivity index (χ0v) is 24.2. The summed E-state index contributed by atoms with van der Waals surface area (Å²) < 4.78 is 20.4. The molecule has 2 amide bonds. The number of aliphatic hydroxyl groups excluding tert-OH is 1. The second kappa shape index (κ2) is 12.4. The van der Waals surface area contributed by atoms with Gasteiger partial charge in [-0.15, -0.1) is 0 Å². The van der Waals surface area contributed by atoms with E-state index in [-0.39, 0.29) is 31.6 Å². The first-order chi connectivity index (χ1) is 20.2. The van der Waals surface area contributed by atoms with Gasteiger partial charge in [0.05, 0.1) is 18.3 Å². The first-order valence-corrected chi connectivity index (χ1v) is 14.5. The van der Waals surface area contributed by atoms with Gasteiger partial charge in [-0.05, 0) is 72.7 Å². The van der Waals surface area contributed by atoms with E-state index in [1.54, 1.807) is 41.3 Å². The van der Waals surface area contributed by atoms with E-state index in [1.165, 1.54) is 24.1 Å². The number of nitrogens with two attached hydrogens (primary N) is 1. The number of methoxy groups -OCH3 is 1. The van der Waals surface area contributed by atoms with E-state index in [0.717, 1.165) is 0 Å². The SMILES string of the molecule is COc1cc2cc(c1)N(C(=O)CO)CCCC(O)([C@@H]1CCCN(C(=O)c3ccc(CN)cc3F)C1)c1cccc(Cl)c1-2. The molecule has 10 heteroatoms. The van der Waals surface area contributed by atoms with Crippen LogP contribution in [0.5, 0.6) is 5.75 Å². The zero-order chi connectivity index (χ0) is 30.0. The fourth-order valence-corrected chi connectivity index (χ4v) is 6.59. The molecule has 2 aliphatic heterocycles. The number of hydrogen-bond acceptors (Lipinski definition) is 6. The normalized spacial score (nSPS) is 20.6. The molecule has 222 valence electrons. The lowest BCUT2D eigenvalue weighted by molar-refractivity contribution is -0.121. The third kappa shape index (κ3) is 5.62. The Hall–Kier alpha value is -3.50. The maximum atomic E-state index is 14.9. The highest BCUT2D eigenvalue weighted by Crippen LogP contribution is 2.47. The molecule has 2 aliphatic rings. The number of fused-ring (bicyclic) bond motifs is 4. The molecule has 0 radical (unpaired) electrons. The van der Waals surface area contributed by atoms with E-state index in [4.69, 9.17) is 22.1 Å². The van der Waals surface area contributed by atoms with Crippen molar-refractivity contribution in [2.45, 2.75) is 37.8 Å². The number of hydrogen-bond donors (Lipinski definition) is 3. The van der Waals surface area contributed by atoms with Gasteiger partial charge in [0.2, 0.25) is 0 Å². The average molecular weight is 596 g/mol. The molecule has 1 fully saturated rings. The Labute approximate surface area is 249 Å². The number of benzene rings is 3. The van der Waals surface area contributed by atoms with Crippen molar-refractivity contribution in [2.75, 3.05) is 38.3 Å². The van der Waals surface area contributed by atoms with Crippen LogP contribution in [-0.4, -0.2) is 60.3 Å². The minimum atomic E-state index is -1.43. The predicted octanol–water partition coefficient (Wildman–Crippen LogP) is 4.47. The molecule has 3 aromatic carbocycles. The minimum Gasteiger partial charge on any atom is -0.497 e. The Morgan fingerprint density at radius 2 is 1.95 bits per heavy atom. The summed E-state index contributed by atoms with van der Waals surface area (Å²) in [7, 11) is 1.52. The Kier molecular flexibility index (Phi) is 8.84. The lowest BCUT2D eigenvalue weighted by Crippen LogP contribution is -2.49. The molecular weight excluding hydrogens is 561 g/mol. The number of likely N-dealkylation sites (tertiary alicyclic amines) is 1. The van der Waals surface area contributed by atoms with Crippen molar-refractivity contribution in [3.8, 4) is 16.9 Å². The quantitative estimate of drug-likeness (QED) is 0.401. The van der Waals surface area contributed by atoms with Gasteiger partial charge in [-0.2, -0.15) is 0 Å². The van der Waals surface area contributed by atoms with Crippen LogP contribution in [0.25, 0.3) is 11.1 Å². The summed E-state index contributed by atoms with van der Waals surface area (Å²) in [5.41, 5.74) is 7.18. The Morgan fingerprint density at radius 3 is 2.67 bits per heavy atom. The molecule has 0 saturated carbocycles. The number of halogens is 2. The number of ether oxygens (including phenoxy) is 1. The van der Waals surface area contributed by atoms with Gasteiger partial charge in [0.15, 0.2) is 0 Å². The number of anilines is 1. The summed E-state index contributed by atoms with van der Waals surface area (Å²) in [6.45, 7) is 0.392. The Bertz CT molecular complexity index is 1500. The highest BCUT2D eigenvalue weighted by Gasteiger charge is 2.43. The van der Waals surface area contributed by atoms with E-state index in [2.05, 4.69) is 0 Å². The summed E-state index contributed by atoms with van der Waals surface area (Å²) in [6, 6.07) is 15.1. The fraction of sp³-hybridized carbons (Fsp3) is 0.375. The van der Waals surface area contributed by atoms with Gasteiger partial charge in [-0.3, -0.25) is 9.59 Å². The van der Waals surface area contributed by atoms with Crippen molar-refractivity contribution in [1.29, 1.82) is 0 Å². The number of aliphatic hydroxyl groups is 2. The van der Waals surface area contributed by atoms with Crippen LogP contribution in [-0.2, 0) is 16.9 Å². The van der Waals surface area contributed by atoms with Crippen LogP contribution in [0.15, 0.2) is 54.6 Å². The summed E-state index contributed by atoms with van der Waals surface area (Å²) in [5.74, 6) is -1.44. The number of nitrogens with zero attached hydrogens (tertiary/aromatic N) is 2. The maximum Gasteiger partial charge on any atom is 0.256 e. The fourth-order valence-electron chi connectivity index (χ4n) is 6.31. The number of carbonyl (C=O) groups excluding carboxylic acids is 2.